The summed E-state index contributed by atoms with van der Waals surface area (Å²) < 4.78 is 5.45. The molecule has 2 saturated heterocycles. The molecule has 1 atom stereocenters. The summed E-state index contributed by atoms with van der Waals surface area (Å²) >= 11 is 0. The molecule has 0 bridgehead atoms. The summed E-state index contributed by atoms with van der Waals surface area (Å²) in [5.74, 6) is 0. The zero-order valence-corrected chi connectivity index (χ0v) is 10.6. The van der Waals surface area contributed by atoms with Gasteiger partial charge in [-0.3, -0.25) is 0 Å². The van der Waals surface area contributed by atoms with Gasteiger partial charge in [0.05, 0.1) is 0 Å². The van der Waals surface area contributed by atoms with Crippen molar-refractivity contribution in [1.82, 2.24) is 10.2 Å². The molecule has 2 rings (SSSR count). The predicted molar refractivity (Wildman–Crippen MR) is 66.7 cm³/mol. The molecule has 2 aliphatic heterocycles. The molecule has 2 heterocycles. The molecule has 2 fully saturated rings. The Morgan fingerprint density at radius 1 is 1.19 bits per heavy atom. The summed E-state index contributed by atoms with van der Waals surface area (Å²) in [4.78, 5) is 2.71. The molecule has 1 N–H and O–H groups in total. The van der Waals surface area contributed by atoms with Gasteiger partial charge in [0, 0.05) is 25.3 Å². The summed E-state index contributed by atoms with van der Waals surface area (Å²) in [7, 11) is 0. The van der Waals surface area contributed by atoms with Gasteiger partial charge in [0.2, 0.25) is 0 Å². The first-order valence-electron chi connectivity index (χ1n) is 6.95. The number of hydrogen-bond acceptors (Lipinski definition) is 3. The van der Waals surface area contributed by atoms with Crippen LogP contribution in [0.1, 0.15) is 39.0 Å². The molecule has 0 spiro atoms. The van der Waals surface area contributed by atoms with Crippen molar-refractivity contribution in [2.75, 3.05) is 32.8 Å². The third-order valence-corrected chi connectivity index (χ3v) is 4.02. The van der Waals surface area contributed by atoms with Crippen molar-refractivity contribution in [2.24, 2.45) is 0 Å². The average Bonchev–Trinajstić information content (AvgIpc) is 2.30. The van der Waals surface area contributed by atoms with E-state index in [1.54, 1.807) is 0 Å². The predicted octanol–water partition coefficient (Wildman–Crippen LogP) is 1.63. The number of rotatable bonds is 2. The van der Waals surface area contributed by atoms with Crippen molar-refractivity contribution in [3.63, 3.8) is 0 Å². The van der Waals surface area contributed by atoms with Gasteiger partial charge < -0.3 is 15.0 Å². The van der Waals surface area contributed by atoms with Gasteiger partial charge in [-0.1, -0.05) is 6.92 Å². The minimum absolute atomic E-state index is 0.739. The van der Waals surface area contributed by atoms with E-state index in [1.807, 2.05) is 0 Å². The maximum atomic E-state index is 5.45. The van der Waals surface area contributed by atoms with E-state index in [4.69, 9.17) is 4.74 Å². The Balaban J connectivity index is 1.82. The first-order valence-corrected chi connectivity index (χ1v) is 6.95. The molecular formula is C13H26N2O. The lowest BCUT2D eigenvalue weighted by atomic mass is 10.0. The van der Waals surface area contributed by atoms with Gasteiger partial charge >= 0.3 is 0 Å². The Morgan fingerprint density at radius 2 is 2.00 bits per heavy atom. The van der Waals surface area contributed by atoms with Crippen molar-refractivity contribution in [2.45, 2.75) is 51.1 Å². The standard InChI is InChI=1S/C13H26N2O/c1-2-12-4-9-15(8-3-7-14-12)13-5-10-16-11-6-13/h12-14H,2-11H2,1H3. The lowest BCUT2D eigenvalue weighted by Gasteiger charge is -2.36. The lowest BCUT2D eigenvalue weighted by Crippen LogP contribution is -2.45. The third kappa shape index (κ3) is 3.44. The fourth-order valence-corrected chi connectivity index (χ4v) is 2.89. The number of hydrogen-bond donors (Lipinski definition) is 1. The number of ether oxygens (including phenoxy) is 1. The first kappa shape index (κ1) is 12.3. The summed E-state index contributed by atoms with van der Waals surface area (Å²) in [6, 6.07) is 1.53. The first-order chi connectivity index (χ1) is 7.90. The van der Waals surface area contributed by atoms with Crippen LogP contribution in [0.15, 0.2) is 0 Å². The van der Waals surface area contributed by atoms with Gasteiger partial charge in [-0.05, 0) is 51.7 Å². The largest absolute Gasteiger partial charge is 0.381 e. The Labute approximate surface area is 99.5 Å². The van der Waals surface area contributed by atoms with E-state index in [-0.39, 0.29) is 0 Å². The van der Waals surface area contributed by atoms with Crippen LogP contribution in [0.2, 0.25) is 0 Å². The van der Waals surface area contributed by atoms with Crippen LogP contribution in [-0.4, -0.2) is 49.8 Å². The molecular weight excluding hydrogens is 200 g/mol. The van der Waals surface area contributed by atoms with E-state index in [2.05, 4.69) is 17.1 Å². The Morgan fingerprint density at radius 3 is 2.75 bits per heavy atom. The molecule has 16 heavy (non-hydrogen) atoms. The van der Waals surface area contributed by atoms with Crippen LogP contribution >= 0.6 is 0 Å². The van der Waals surface area contributed by atoms with E-state index >= 15 is 0 Å². The van der Waals surface area contributed by atoms with Gasteiger partial charge in [0.15, 0.2) is 0 Å². The highest BCUT2D eigenvalue weighted by molar-refractivity contribution is 4.79. The molecule has 3 heteroatoms. The van der Waals surface area contributed by atoms with Crippen molar-refractivity contribution in [3.05, 3.63) is 0 Å². The Bertz CT molecular complexity index is 192. The monoisotopic (exact) mass is 226 g/mol. The molecule has 0 amide bonds. The van der Waals surface area contributed by atoms with Crippen LogP contribution in [-0.2, 0) is 4.74 Å². The van der Waals surface area contributed by atoms with Crippen LogP contribution in [0.5, 0.6) is 0 Å². The van der Waals surface area contributed by atoms with Gasteiger partial charge in [0.25, 0.3) is 0 Å². The normalized spacial score (nSPS) is 30.9. The average molecular weight is 226 g/mol. The quantitative estimate of drug-likeness (QED) is 0.774. The second kappa shape index (κ2) is 6.58. The highest BCUT2D eigenvalue weighted by Gasteiger charge is 2.22. The Kier molecular flexibility index (Phi) is 5.07. The second-order valence-corrected chi connectivity index (χ2v) is 5.08. The minimum atomic E-state index is 0.739. The van der Waals surface area contributed by atoms with Crippen LogP contribution in [0, 0.1) is 0 Å². The molecule has 2 aliphatic rings. The maximum Gasteiger partial charge on any atom is 0.0480 e. The van der Waals surface area contributed by atoms with E-state index < -0.39 is 0 Å². The van der Waals surface area contributed by atoms with Crippen molar-refractivity contribution in [1.29, 1.82) is 0 Å². The summed E-state index contributed by atoms with van der Waals surface area (Å²) in [6.07, 6.45) is 6.36. The zero-order chi connectivity index (χ0) is 11.2. The zero-order valence-electron chi connectivity index (χ0n) is 10.6. The molecule has 1 unspecified atom stereocenters. The summed E-state index contributed by atoms with van der Waals surface area (Å²) in [6.45, 7) is 7.97. The van der Waals surface area contributed by atoms with Crippen LogP contribution in [0.3, 0.4) is 0 Å². The smallest absolute Gasteiger partial charge is 0.0480 e. The highest BCUT2D eigenvalue weighted by Crippen LogP contribution is 2.17. The summed E-state index contributed by atoms with van der Waals surface area (Å²) in [5, 5.41) is 3.64. The van der Waals surface area contributed by atoms with Gasteiger partial charge in [-0.2, -0.15) is 0 Å². The number of nitrogens with zero attached hydrogens (tertiary/aromatic N) is 1. The molecule has 0 aliphatic carbocycles. The second-order valence-electron chi connectivity index (χ2n) is 5.08. The highest BCUT2D eigenvalue weighted by atomic mass is 16.5. The molecule has 0 aromatic carbocycles. The van der Waals surface area contributed by atoms with Gasteiger partial charge in [0.1, 0.15) is 0 Å². The van der Waals surface area contributed by atoms with E-state index in [9.17, 15) is 0 Å². The maximum absolute atomic E-state index is 5.45. The Hall–Kier alpha value is -0.120. The third-order valence-electron chi connectivity index (χ3n) is 4.02. The van der Waals surface area contributed by atoms with Crippen LogP contribution in [0.4, 0.5) is 0 Å². The van der Waals surface area contributed by atoms with Crippen LogP contribution in [0.25, 0.3) is 0 Å². The minimum Gasteiger partial charge on any atom is -0.381 e. The SMILES string of the molecule is CCC1CCN(C2CCOCC2)CCCN1. The fourth-order valence-electron chi connectivity index (χ4n) is 2.89. The summed E-state index contributed by atoms with van der Waals surface area (Å²) in [5.41, 5.74) is 0. The van der Waals surface area contributed by atoms with Gasteiger partial charge in [-0.15, -0.1) is 0 Å². The molecule has 0 radical (unpaired) electrons. The van der Waals surface area contributed by atoms with E-state index in [0.717, 1.165) is 25.3 Å². The molecule has 94 valence electrons. The van der Waals surface area contributed by atoms with E-state index in [0.29, 0.717) is 0 Å². The van der Waals surface area contributed by atoms with Crippen LogP contribution < -0.4 is 5.32 Å². The number of nitrogens with one attached hydrogen (secondary N) is 1. The van der Waals surface area contributed by atoms with Crippen molar-refractivity contribution >= 4 is 0 Å². The molecule has 3 nitrogen and oxygen atoms in total. The molecule has 0 aromatic rings. The van der Waals surface area contributed by atoms with Gasteiger partial charge in [-0.25, -0.2) is 0 Å². The van der Waals surface area contributed by atoms with Crippen molar-refractivity contribution in [3.8, 4) is 0 Å². The van der Waals surface area contributed by atoms with E-state index in [1.165, 1.54) is 51.7 Å². The fraction of sp³-hybridized carbons (Fsp3) is 1.00. The molecule has 0 aromatic heterocycles. The topological polar surface area (TPSA) is 24.5 Å². The van der Waals surface area contributed by atoms with Crippen molar-refractivity contribution < 1.29 is 4.74 Å². The molecule has 0 saturated carbocycles. The lowest BCUT2D eigenvalue weighted by molar-refractivity contribution is 0.0302.